The summed E-state index contributed by atoms with van der Waals surface area (Å²) in [6.07, 6.45) is 3.84. The molecular formula is C16H27ClN2. The molecular weight excluding hydrogens is 256 g/mol. The molecule has 0 aromatic heterocycles. The maximum Gasteiger partial charge on any atom is 0.0236 e. The van der Waals surface area contributed by atoms with Gasteiger partial charge in [0.05, 0.1) is 0 Å². The minimum Gasteiger partial charge on any atom is -0.317 e. The molecule has 1 N–H and O–H groups in total. The average Bonchev–Trinajstić information content (AvgIpc) is 2.42. The molecule has 0 spiro atoms. The van der Waals surface area contributed by atoms with Crippen LogP contribution in [0.1, 0.15) is 37.3 Å². The van der Waals surface area contributed by atoms with Crippen LogP contribution in [-0.4, -0.2) is 30.6 Å². The van der Waals surface area contributed by atoms with Gasteiger partial charge in [0, 0.05) is 12.6 Å². The van der Waals surface area contributed by atoms with Crippen LogP contribution in [0.25, 0.3) is 0 Å². The maximum absolute atomic E-state index is 3.46. The van der Waals surface area contributed by atoms with E-state index in [4.69, 9.17) is 0 Å². The number of hydrogen-bond donors (Lipinski definition) is 1. The number of piperidine rings is 1. The van der Waals surface area contributed by atoms with Gasteiger partial charge < -0.3 is 5.32 Å². The second-order valence-corrected chi connectivity index (χ2v) is 5.44. The number of halogens is 1. The summed E-state index contributed by atoms with van der Waals surface area (Å²) >= 11 is 0. The molecule has 0 aliphatic carbocycles. The summed E-state index contributed by atoms with van der Waals surface area (Å²) in [6.45, 7) is 9.12. The molecule has 1 aromatic rings. The molecule has 0 radical (unpaired) electrons. The molecule has 19 heavy (non-hydrogen) atoms. The summed E-state index contributed by atoms with van der Waals surface area (Å²) in [7, 11) is 0. The van der Waals surface area contributed by atoms with Crippen LogP contribution in [0.15, 0.2) is 24.3 Å². The summed E-state index contributed by atoms with van der Waals surface area (Å²) in [6, 6.07) is 9.77. The van der Waals surface area contributed by atoms with Gasteiger partial charge in [0.1, 0.15) is 0 Å². The fourth-order valence-corrected chi connectivity index (χ4v) is 2.78. The zero-order valence-corrected chi connectivity index (χ0v) is 13.0. The Kier molecular flexibility index (Phi) is 7.44. The van der Waals surface area contributed by atoms with Crippen LogP contribution >= 0.6 is 12.4 Å². The van der Waals surface area contributed by atoms with Crippen molar-refractivity contribution in [3.63, 3.8) is 0 Å². The van der Waals surface area contributed by atoms with Gasteiger partial charge in [0.15, 0.2) is 0 Å². The highest BCUT2D eigenvalue weighted by molar-refractivity contribution is 5.85. The van der Waals surface area contributed by atoms with Crippen LogP contribution in [0, 0.1) is 6.92 Å². The third-order valence-electron chi connectivity index (χ3n) is 3.84. The molecule has 1 saturated heterocycles. The predicted octanol–water partition coefficient (Wildman–Crippen LogP) is 3.38. The minimum atomic E-state index is 0. The van der Waals surface area contributed by atoms with E-state index < -0.39 is 0 Å². The standard InChI is InChI=1S/C16H26N2.ClH/c1-3-12-18(16-8-10-17-11-9-16)13-15-6-4-14(2)5-7-15;/h4-7,16-17H,3,8-13H2,1-2H3;1H. The number of hydrogen-bond acceptors (Lipinski definition) is 2. The molecule has 2 rings (SSSR count). The highest BCUT2D eigenvalue weighted by Gasteiger charge is 2.20. The average molecular weight is 283 g/mol. The Bertz CT molecular complexity index is 344. The third kappa shape index (κ3) is 5.13. The molecule has 0 unspecified atom stereocenters. The molecule has 1 aliphatic rings. The zero-order chi connectivity index (χ0) is 12.8. The lowest BCUT2D eigenvalue weighted by atomic mass is 10.0. The van der Waals surface area contributed by atoms with Crippen molar-refractivity contribution in [2.24, 2.45) is 0 Å². The molecule has 1 heterocycles. The monoisotopic (exact) mass is 282 g/mol. The van der Waals surface area contributed by atoms with Gasteiger partial charge in [-0.05, 0) is 51.4 Å². The molecule has 2 nitrogen and oxygen atoms in total. The van der Waals surface area contributed by atoms with Gasteiger partial charge in [-0.3, -0.25) is 4.90 Å². The van der Waals surface area contributed by atoms with Gasteiger partial charge in [0.2, 0.25) is 0 Å². The van der Waals surface area contributed by atoms with Gasteiger partial charge in [-0.15, -0.1) is 12.4 Å². The Morgan fingerprint density at radius 3 is 2.37 bits per heavy atom. The second-order valence-electron chi connectivity index (χ2n) is 5.44. The Balaban J connectivity index is 0.00000180. The molecule has 1 aliphatic heterocycles. The topological polar surface area (TPSA) is 15.3 Å². The van der Waals surface area contributed by atoms with Crippen molar-refractivity contribution >= 4 is 12.4 Å². The van der Waals surface area contributed by atoms with Gasteiger partial charge in [0.25, 0.3) is 0 Å². The fourth-order valence-electron chi connectivity index (χ4n) is 2.78. The van der Waals surface area contributed by atoms with E-state index in [2.05, 4.69) is 48.3 Å². The smallest absolute Gasteiger partial charge is 0.0236 e. The summed E-state index contributed by atoms with van der Waals surface area (Å²) in [5, 5.41) is 3.46. The molecule has 0 amide bonds. The van der Waals surface area contributed by atoms with Gasteiger partial charge in [-0.25, -0.2) is 0 Å². The predicted molar refractivity (Wildman–Crippen MR) is 85.0 cm³/mol. The summed E-state index contributed by atoms with van der Waals surface area (Å²) < 4.78 is 0. The van der Waals surface area contributed by atoms with Crippen molar-refractivity contribution in [2.75, 3.05) is 19.6 Å². The summed E-state index contributed by atoms with van der Waals surface area (Å²) in [4.78, 5) is 2.67. The molecule has 0 saturated carbocycles. The molecule has 3 heteroatoms. The number of nitrogens with one attached hydrogen (secondary N) is 1. The van der Waals surface area contributed by atoms with E-state index in [-0.39, 0.29) is 12.4 Å². The van der Waals surface area contributed by atoms with E-state index >= 15 is 0 Å². The molecule has 1 aromatic carbocycles. The first kappa shape index (κ1) is 16.5. The first-order valence-corrected chi connectivity index (χ1v) is 7.30. The summed E-state index contributed by atoms with van der Waals surface area (Å²) in [5.74, 6) is 0. The number of nitrogens with zero attached hydrogens (tertiary/aromatic N) is 1. The minimum absolute atomic E-state index is 0. The van der Waals surface area contributed by atoms with Crippen molar-refractivity contribution in [3.8, 4) is 0 Å². The summed E-state index contributed by atoms with van der Waals surface area (Å²) in [5.41, 5.74) is 2.80. The third-order valence-corrected chi connectivity index (χ3v) is 3.84. The quantitative estimate of drug-likeness (QED) is 0.891. The normalized spacial score (nSPS) is 16.4. The lowest BCUT2D eigenvalue weighted by Gasteiger charge is -2.34. The van der Waals surface area contributed by atoms with Crippen LogP contribution in [-0.2, 0) is 6.54 Å². The number of aryl methyl sites for hydroxylation is 1. The van der Waals surface area contributed by atoms with E-state index in [1.165, 1.54) is 50.0 Å². The molecule has 0 bridgehead atoms. The zero-order valence-electron chi connectivity index (χ0n) is 12.2. The molecule has 1 fully saturated rings. The largest absolute Gasteiger partial charge is 0.317 e. The van der Waals surface area contributed by atoms with E-state index in [0.717, 1.165) is 12.6 Å². The maximum atomic E-state index is 3.46. The Hall–Kier alpha value is -0.570. The highest BCUT2D eigenvalue weighted by Crippen LogP contribution is 2.16. The number of benzene rings is 1. The Morgan fingerprint density at radius 1 is 1.16 bits per heavy atom. The van der Waals surface area contributed by atoms with Crippen LogP contribution in [0.5, 0.6) is 0 Å². The van der Waals surface area contributed by atoms with E-state index in [0.29, 0.717) is 0 Å². The van der Waals surface area contributed by atoms with Crippen LogP contribution < -0.4 is 5.32 Å². The van der Waals surface area contributed by atoms with E-state index in [1.54, 1.807) is 0 Å². The van der Waals surface area contributed by atoms with Crippen molar-refractivity contribution in [2.45, 2.75) is 45.7 Å². The van der Waals surface area contributed by atoms with Crippen LogP contribution in [0.4, 0.5) is 0 Å². The van der Waals surface area contributed by atoms with Crippen LogP contribution in [0.3, 0.4) is 0 Å². The lowest BCUT2D eigenvalue weighted by molar-refractivity contribution is 0.154. The van der Waals surface area contributed by atoms with Gasteiger partial charge in [-0.1, -0.05) is 36.8 Å². The molecule has 0 atom stereocenters. The molecule has 108 valence electrons. The van der Waals surface area contributed by atoms with Crippen molar-refractivity contribution in [3.05, 3.63) is 35.4 Å². The van der Waals surface area contributed by atoms with Crippen molar-refractivity contribution < 1.29 is 0 Å². The highest BCUT2D eigenvalue weighted by atomic mass is 35.5. The Morgan fingerprint density at radius 2 is 1.79 bits per heavy atom. The van der Waals surface area contributed by atoms with E-state index in [1.807, 2.05) is 0 Å². The fraction of sp³-hybridized carbons (Fsp3) is 0.625. The second kappa shape index (κ2) is 8.57. The first-order valence-electron chi connectivity index (χ1n) is 7.30. The van der Waals surface area contributed by atoms with E-state index in [9.17, 15) is 0 Å². The lowest BCUT2D eigenvalue weighted by Crippen LogP contribution is -2.43. The van der Waals surface area contributed by atoms with Crippen molar-refractivity contribution in [1.29, 1.82) is 0 Å². The number of rotatable bonds is 5. The first-order chi connectivity index (χ1) is 8.79. The van der Waals surface area contributed by atoms with Gasteiger partial charge >= 0.3 is 0 Å². The van der Waals surface area contributed by atoms with Gasteiger partial charge in [-0.2, -0.15) is 0 Å². The SMILES string of the molecule is CCCN(Cc1ccc(C)cc1)C1CCNCC1.Cl. The van der Waals surface area contributed by atoms with Crippen LogP contribution in [0.2, 0.25) is 0 Å². The van der Waals surface area contributed by atoms with Crippen molar-refractivity contribution in [1.82, 2.24) is 10.2 Å². The Labute approximate surface area is 124 Å².